The summed E-state index contributed by atoms with van der Waals surface area (Å²) in [4.78, 5) is 0. The Labute approximate surface area is 254 Å². The molecule has 0 amide bonds. The first-order chi connectivity index (χ1) is 21.3. The Bertz CT molecular complexity index is 914. The van der Waals surface area contributed by atoms with E-state index in [0.717, 1.165) is 0 Å². The molecule has 0 bridgehead atoms. The second-order valence-corrected chi connectivity index (χ2v) is 11.1. The molecule has 0 aliphatic carbocycles. The summed E-state index contributed by atoms with van der Waals surface area (Å²) in [6.07, 6.45) is -36.2. The normalized spacial score (nSPS) is 52.9. The van der Waals surface area contributed by atoms with E-state index in [9.17, 15) is 71.5 Å². The molecule has 14 N–H and O–H groups in total. The number of ether oxygens (including phenoxy) is 7. The lowest BCUT2D eigenvalue weighted by Crippen LogP contribution is -2.67. The van der Waals surface area contributed by atoms with Crippen LogP contribution in [0.25, 0.3) is 0 Å². The third kappa shape index (κ3) is 7.44. The van der Waals surface area contributed by atoms with Gasteiger partial charge in [-0.2, -0.15) is 0 Å². The van der Waals surface area contributed by atoms with Crippen molar-refractivity contribution >= 4 is 0 Å². The lowest BCUT2D eigenvalue weighted by Gasteiger charge is -2.49. The van der Waals surface area contributed by atoms with Crippen molar-refractivity contribution in [2.24, 2.45) is 0 Å². The average molecular weight is 667 g/mol. The van der Waals surface area contributed by atoms with Crippen LogP contribution in [0.1, 0.15) is 0 Å². The quantitative estimate of drug-likeness (QED) is 0.103. The fourth-order valence-corrected chi connectivity index (χ4v) is 5.51. The summed E-state index contributed by atoms with van der Waals surface area (Å²) in [7, 11) is 0. The molecule has 0 radical (unpaired) electrons. The highest BCUT2D eigenvalue weighted by Crippen LogP contribution is 2.34. The zero-order chi connectivity index (χ0) is 33.3. The van der Waals surface area contributed by atoms with Crippen molar-refractivity contribution in [2.45, 2.75) is 123 Å². The Hall–Kier alpha value is -0.840. The minimum Gasteiger partial charge on any atom is -0.394 e. The second kappa shape index (κ2) is 15.6. The van der Waals surface area contributed by atoms with Crippen molar-refractivity contribution in [2.75, 3.05) is 26.4 Å². The van der Waals surface area contributed by atoms with E-state index in [0.29, 0.717) is 0 Å². The molecule has 0 spiro atoms. The van der Waals surface area contributed by atoms with Gasteiger partial charge in [0.1, 0.15) is 97.7 Å². The number of hydrogen-bond donors (Lipinski definition) is 14. The molecule has 0 aromatic rings. The fourth-order valence-electron chi connectivity index (χ4n) is 5.51. The van der Waals surface area contributed by atoms with Crippen LogP contribution in [0.4, 0.5) is 0 Å². The van der Waals surface area contributed by atoms with Gasteiger partial charge in [-0.1, -0.05) is 0 Å². The summed E-state index contributed by atoms with van der Waals surface area (Å²) >= 11 is 0. The average Bonchev–Trinajstić information content (AvgIpc) is 3.03. The number of hydrogen-bond acceptors (Lipinski definition) is 21. The Morgan fingerprint density at radius 2 is 0.711 bits per heavy atom. The summed E-state index contributed by atoms with van der Waals surface area (Å²) in [6, 6.07) is 0. The van der Waals surface area contributed by atoms with Gasteiger partial charge in [-0.3, -0.25) is 0 Å². The van der Waals surface area contributed by atoms with Crippen molar-refractivity contribution in [3.05, 3.63) is 0 Å². The maximum atomic E-state index is 11.2. The summed E-state index contributed by atoms with van der Waals surface area (Å²) in [5.74, 6) is 0. The molecule has 4 aliphatic rings. The van der Waals surface area contributed by atoms with E-state index in [4.69, 9.17) is 33.2 Å². The largest absolute Gasteiger partial charge is 0.394 e. The highest BCUT2D eigenvalue weighted by atomic mass is 16.8. The van der Waals surface area contributed by atoms with E-state index >= 15 is 0 Å². The van der Waals surface area contributed by atoms with Gasteiger partial charge in [0.05, 0.1) is 26.4 Å². The molecule has 4 heterocycles. The van der Waals surface area contributed by atoms with Crippen LogP contribution in [0.15, 0.2) is 0 Å². The summed E-state index contributed by atoms with van der Waals surface area (Å²) in [5, 5.41) is 143. The molecular formula is C24H42O21. The minimum absolute atomic E-state index is 0.808. The Morgan fingerprint density at radius 3 is 1.16 bits per heavy atom. The molecule has 21 nitrogen and oxygen atoms in total. The maximum Gasteiger partial charge on any atom is 0.187 e. The third-order valence-corrected chi connectivity index (χ3v) is 8.21. The lowest BCUT2D eigenvalue weighted by molar-refractivity contribution is -0.399. The zero-order valence-corrected chi connectivity index (χ0v) is 23.5. The van der Waals surface area contributed by atoms with Crippen LogP contribution in [0.3, 0.4) is 0 Å². The topological polar surface area (TPSA) is 348 Å². The van der Waals surface area contributed by atoms with Gasteiger partial charge in [-0.25, -0.2) is 0 Å². The van der Waals surface area contributed by atoms with Gasteiger partial charge in [0.2, 0.25) is 0 Å². The molecule has 0 saturated carbocycles. The molecule has 0 aromatic heterocycles. The molecule has 21 heteroatoms. The first kappa shape index (κ1) is 37.0. The molecule has 4 fully saturated rings. The number of rotatable bonds is 10. The van der Waals surface area contributed by atoms with E-state index in [1.807, 2.05) is 0 Å². The van der Waals surface area contributed by atoms with Crippen LogP contribution in [-0.4, -0.2) is 221 Å². The predicted molar refractivity (Wildman–Crippen MR) is 134 cm³/mol. The van der Waals surface area contributed by atoms with Gasteiger partial charge >= 0.3 is 0 Å². The number of aliphatic hydroxyl groups is 14. The Morgan fingerprint density at radius 1 is 0.333 bits per heavy atom. The molecule has 0 unspecified atom stereocenters. The van der Waals surface area contributed by atoms with Crippen LogP contribution in [-0.2, 0) is 33.2 Å². The van der Waals surface area contributed by atoms with Crippen molar-refractivity contribution in [3.8, 4) is 0 Å². The molecule has 4 rings (SSSR count). The monoisotopic (exact) mass is 666 g/mol. The van der Waals surface area contributed by atoms with E-state index in [1.165, 1.54) is 0 Å². The van der Waals surface area contributed by atoms with Crippen LogP contribution in [0, 0.1) is 0 Å². The predicted octanol–water partition coefficient (Wildman–Crippen LogP) is -9.75. The van der Waals surface area contributed by atoms with Gasteiger partial charge in [-0.05, 0) is 0 Å². The molecule has 0 aromatic carbocycles. The van der Waals surface area contributed by atoms with Crippen molar-refractivity contribution in [1.29, 1.82) is 0 Å². The summed E-state index contributed by atoms with van der Waals surface area (Å²) < 4.78 is 38.1. The van der Waals surface area contributed by atoms with E-state index in [1.54, 1.807) is 0 Å². The maximum absolute atomic E-state index is 11.2. The molecule has 45 heavy (non-hydrogen) atoms. The zero-order valence-electron chi connectivity index (χ0n) is 23.5. The van der Waals surface area contributed by atoms with Gasteiger partial charge in [0.25, 0.3) is 0 Å². The van der Waals surface area contributed by atoms with Crippen LogP contribution >= 0.6 is 0 Å². The first-order valence-electron chi connectivity index (χ1n) is 14.1. The van der Waals surface area contributed by atoms with Crippen molar-refractivity contribution < 1.29 is 105 Å². The minimum atomic E-state index is -2.07. The molecular weight excluding hydrogens is 624 g/mol. The van der Waals surface area contributed by atoms with Gasteiger partial charge in [0, 0.05) is 0 Å². The van der Waals surface area contributed by atoms with Crippen molar-refractivity contribution in [1.82, 2.24) is 0 Å². The summed E-state index contributed by atoms with van der Waals surface area (Å²) in [5.41, 5.74) is 0. The SMILES string of the molecule is OC[C@H]1O[C@@H](O[C@H]2[C@H](O)[C@H](O[C@H]3O[C@H](CO)[C@@H](O)[C@H](O)[C@@H]3O[C@H]3O[C@H](CO)[C@@H](O)[C@H](O)[C@H]3O)[C@H](O)O[C@@H]2CO)[C@H](O)[C@@H](O)[C@H]1O. The van der Waals surface area contributed by atoms with Gasteiger partial charge < -0.3 is 105 Å². The van der Waals surface area contributed by atoms with E-state index < -0.39 is 149 Å². The Balaban J connectivity index is 1.56. The standard InChI is InChI=1S/C24H42O21/c25-1-5-9(29)12(32)15(35)22(40-5)43-18-8(4-28)39-21(38)19(17(18)37)44-24-20(14(34)11(31)7(3-27)42-24)45-23-16(36)13(33)10(30)6(2-26)41-23/h5-38H,1-4H2/t5-,6-,7-,8-,9+,10-,11-,12+,13+,14+,15-,16-,17+,18-,19+,20+,21-,22+,23-,24-/m1/s1. The molecule has 4 aliphatic heterocycles. The van der Waals surface area contributed by atoms with Crippen LogP contribution in [0.2, 0.25) is 0 Å². The summed E-state index contributed by atoms with van der Waals surface area (Å²) in [6.45, 7) is -3.41. The molecule has 20 atom stereocenters. The Kier molecular flexibility index (Phi) is 12.8. The van der Waals surface area contributed by atoms with Gasteiger partial charge in [0.15, 0.2) is 25.2 Å². The number of aliphatic hydroxyl groups excluding tert-OH is 14. The highest BCUT2D eigenvalue weighted by Gasteiger charge is 2.55. The molecule has 4 saturated heterocycles. The second-order valence-electron chi connectivity index (χ2n) is 11.1. The van der Waals surface area contributed by atoms with Crippen LogP contribution in [0.5, 0.6) is 0 Å². The van der Waals surface area contributed by atoms with Crippen molar-refractivity contribution in [3.63, 3.8) is 0 Å². The highest BCUT2D eigenvalue weighted by molar-refractivity contribution is 4.97. The third-order valence-electron chi connectivity index (χ3n) is 8.21. The first-order valence-corrected chi connectivity index (χ1v) is 14.1. The molecule has 264 valence electrons. The van der Waals surface area contributed by atoms with Crippen LogP contribution < -0.4 is 0 Å². The smallest absolute Gasteiger partial charge is 0.187 e. The van der Waals surface area contributed by atoms with E-state index in [2.05, 4.69) is 0 Å². The van der Waals surface area contributed by atoms with Gasteiger partial charge in [-0.15, -0.1) is 0 Å². The fraction of sp³-hybridized carbons (Fsp3) is 1.00. The lowest BCUT2D eigenvalue weighted by atomic mass is 9.96. The van der Waals surface area contributed by atoms with E-state index in [-0.39, 0.29) is 0 Å².